The van der Waals surface area contributed by atoms with Crippen LogP contribution >= 0.6 is 0 Å². The molecular formula is C28H33N3O6. The highest BCUT2D eigenvalue weighted by Gasteiger charge is 2.25. The summed E-state index contributed by atoms with van der Waals surface area (Å²) < 4.78 is 0. The predicted octanol–water partition coefficient (Wildman–Crippen LogP) is 3.16. The fraction of sp³-hybridized carbons (Fsp3) is 0.214. The Balaban J connectivity index is 0.000000217. The fourth-order valence-corrected chi connectivity index (χ4v) is 3.88. The van der Waals surface area contributed by atoms with Gasteiger partial charge >= 0.3 is 11.9 Å². The molecule has 0 spiro atoms. The molecule has 1 aliphatic rings. The first-order valence-corrected chi connectivity index (χ1v) is 11.6. The third kappa shape index (κ3) is 9.32. The predicted molar refractivity (Wildman–Crippen MR) is 142 cm³/mol. The Morgan fingerprint density at radius 1 is 0.946 bits per heavy atom. The molecule has 9 heteroatoms. The number of benzene rings is 3. The summed E-state index contributed by atoms with van der Waals surface area (Å²) in [5.41, 5.74) is 17.3. The monoisotopic (exact) mass is 507 g/mol. The first kappa shape index (κ1) is 28.9. The summed E-state index contributed by atoms with van der Waals surface area (Å²) in [7, 11) is 2.16. The minimum atomic E-state index is -1.26. The molecule has 0 amide bonds. The number of nitrogens with zero attached hydrogens (tertiary/aromatic N) is 1. The summed E-state index contributed by atoms with van der Waals surface area (Å²) in [5.74, 6) is -2.26. The number of likely N-dealkylation sites (N-methyl/N-ethyl adjacent to an activating group) is 1. The molecule has 37 heavy (non-hydrogen) atoms. The van der Waals surface area contributed by atoms with E-state index in [0.717, 1.165) is 24.3 Å². The van der Waals surface area contributed by atoms with Crippen molar-refractivity contribution in [3.63, 3.8) is 0 Å². The maximum Gasteiger partial charge on any atom is 0.328 e. The molecule has 0 saturated carbocycles. The van der Waals surface area contributed by atoms with Crippen LogP contribution in [0.1, 0.15) is 28.2 Å². The second-order valence-corrected chi connectivity index (χ2v) is 8.45. The summed E-state index contributed by atoms with van der Waals surface area (Å²) in [6.45, 7) is 2.55. The van der Waals surface area contributed by atoms with Gasteiger partial charge in [0.2, 0.25) is 0 Å². The van der Waals surface area contributed by atoms with Gasteiger partial charge in [0.15, 0.2) is 11.5 Å². The maximum atomic E-state index is 9.55. The molecule has 3 aromatic carbocycles. The lowest BCUT2D eigenvalue weighted by Gasteiger charge is -2.33. The van der Waals surface area contributed by atoms with E-state index in [-0.39, 0.29) is 11.5 Å². The first-order valence-electron chi connectivity index (χ1n) is 11.6. The van der Waals surface area contributed by atoms with Crippen LogP contribution in [0.4, 0.5) is 5.69 Å². The number of hydrogen-bond donors (Lipinski definition) is 6. The highest BCUT2D eigenvalue weighted by molar-refractivity contribution is 5.89. The van der Waals surface area contributed by atoms with Crippen LogP contribution in [0.2, 0.25) is 0 Å². The lowest BCUT2D eigenvalue weighted by molar-refractivity contribution is -0.134. The molecule has 0 fully saturated rings. The van der Waals surface area contributed by atoms with E-state index >= 15 is 0 Å². The van der Waals surface area contributed by atoms with E-state index in [9.17, 15) is 9.59 Å². The smallest absolute Gasteiger partial charge is 0.328 e. The van der Waals surface area contributed by atoms with Crippen LogP contribution in [0.5, 0.6) is 11.5 Å². The number of hydrogen-bond acceptors (Lipinski definition) is 7. The first-order chi connectivity index (χ1) is 17.6. The Morgan fingerprint density at radius 2 is 1.59 bits per heavy atom. The molecule has 8 N–H and O–H groups in total. The highest BCUT2D eigenvalue weighted by atomic mass is 16.4. The zero-order valence-electron chi connectivity index (χ0n) is 20.6. The lowest BCUT2D eigenvalue weighted by Crippen LogP contribution is -2.31. The summed E-state index contributed by atoms with van der Waals surface area (Å²) in [4.78, 5) is 21.5. The van der Waals surface area contributed by atoms with Crippen molar-refractivity contribution in [1.29, 1.82) is 0 Å². The molecule has 0 aromatic heterocycles. The molecule has 196 valence electrons. The number of phenolic OH excluding ortho intramolecular Hbond substituents is 2. The molecule has 0 saturated heterocycles. The number of carboxylic acids is 2. The summed E-state index contributed by atoms with van der Waals surface area (Å²) >= 11 is 0. The van der Waals surface area contributed by atoms with Gasteiger partial charge in [-0.15, -0.1) is 0 Å². The maximum absolute atomic E-state index is 9.55. The van der Waals surface area contributed by atoms with Gasteiger partial charge in [-0.2, -0.15) is 0 Å². The lowest BCUT2D eigenvalue weighted by atomic mass is 9.84. The number of anilines is 1. The standard InChI is InChI=1S/C16H18N2.C8H11NO2.C4H4O4/c1-18-10-14(12-6-3-2-4-7-12)13-8-5-9-16(17)15(13)11-18;9-4-3-6-1-2-7(10)8(11)5-6;5-3(6)1-2-4(7)8/h2-9,14H,10-11,17H2,1H3;1-2,5,10-11H,3-4,9H2;1-2H,(H,5,6)(H,7,8)/b;;2-1-. The minimum absolute atomic E-state index is 0.0871. The van der Waals surface area contributed by atoms with Gasteiger partial charge in [0.05, 0.1) is 0 Å². The van der Waals surface area contributed by atoms with E-state index in [1.807, 2.05) is 6.07 Å². The Hall–Kier alpha value is -4.34. The van der Waals surface area contributed by atoms with Gasteiger partial charge in [-0.05, 0) is 60.5 Å². The Kier molecular flexibility index (Phi) is 11.1. The average Bonchev–Trinajstić information content (AvgIpc) is 2.87. The molecular weight excluding hydrogens is 474 g/mol. The molecule has 4 rings (SSSR count). The number of nitrogen functional groups attached to an aromatic ring is 1. The molecule has 0 aliphatic carbocycles. The van der Waals surface area contributed by atoms with E-state index in [0.29, 0.717) is 31.0 Å². The van der Waals surface area contributed by atoms with E-state index in [1.165, 1.54) is 28.8 Å². The van der Waals surface area contributed by atoms with E-state index in [4.69, 9.17) is 31.9 Å². The van der Waals surface area contributed by atoms with Gasteiger partial charge in [-0.25, -0.2) is 9.59 Å². The van der Waals surface area contributed by atoms with Gasteiger partial charge in [0, 0.05) is 36.8 Å². The Bertz CT molecular complexity index is 1200. The molecule has 1 aliphatic heterocycles. The number of carboxylic acid groups (broad SMARTS) is 2. The highest BCUT2D eigenvalue weighted by Crippen LogP contribution is 2.35. The zero-order valence-corrected chi connectivity index (χ0v) is 20.6. The van der Waals surface area contributed by atoms with E-state index in [1.54, 1.807) is 6.07 Å². The van der Waals surface area contributed by atoms with E-state index in [2.05, 4.69) is 54.4 Å². The van der Waals surface area contributed by atoms with Crippen molar-refractivity contribution in [1.82, 2.24) is 4.90 Å². The van der Waals surface area contributed by atoms with Crippen LogP contribution in [0.15, 0.2) is 78.9 Å². The summed E-state index contributed by atoms with van der Waals surface area (Å²) in [6.07, 6.45) is 1.83. The quantitative estimate of drug-likeness (QED) is 0.172. The minimum Gasteiger partial charge on any atom is -0.504 e. The van der Waals surface area contributed by atoms with E-state index < -0.39 is 11.9 Å². The molecule has 1 unspecified atom stereocenters. The molecule has 0 bridgehead atoms. The fourth-order valence-electron chi connectivity index (χ4n) is 3.88. The summed E-state index contributed by atoms with van der Waals surface area (Å²) in [5, 5.41) is 33.6. The third-order valence-corrected chi connectivity index (χ3v) is 5.59. The molecule has 0 radical (unpaired) electrons. The third-order valence-electron chi connectivity index (χ3n) is 5.59. The molecule has 9 nitrogen and oxygen atoms in total. The number of carbonyl (C=O) groups is 2. The Morgan fingerprint density at radius 3 is 2.16 bits per heavy atom. The SMILES string of the molecule is CN1Cc2c(N)cccc2C(c2ccccc2)C1.NCCc1ccc(O)c(O)c1.O=C(O)/C=C\C(=O)O. The number of fused-ring (bicyclic) bond motifs is 1. The van der Waals surface area contributed by atoms with Crippen LogP contribution in [0.3, 0.4) is 0 Å². The van der Waals surface area contributed by atoms with Crippen molar-refractivity contribution in [3.05, 3.63) is 101 Å². The second kappa shape index (κ2) is 14.3. The topological polar surface area (TPSA) is 170 Å². The van der Waals surface area contributed by atoms with Crippen LogP contribution in [-0.4, -0.2) is 57.4 Å². The van der Waals surface area contributed by atoms with Gasteiger partial charge < -0.3 is 36.8 Å². The van der Waals surface area contributed by atoms with Crippen molar-refractivity contribution < 1.29 is 30.0 Å². The normalized spacial score (nSPS) is 14.5. The van der Waals surface area contributed by atoms with Crippen molar-refractivity contribution in [2.45, 2.75) is 18.9 Å². The number of aliphatic carboxylic acids is 2. The van der Waals surface area contributed by atoms with Crippen molar-refractivity contribution in [2.24, 2.45) is 5.73 Å². The van der Waals surface area contributed by atoms with Gasteiger partial charge in [-0.3, -0.25) is 0 Å². The molecule has 1 atom stereocenters. The van der Waals surface area contributed by atoms with Crippen molar-refractivity contribution in [2.75, 3.05) is 25.9 Å². The van der Waals surface area contributed by atoms with Crippen LogP contribution in [-0.2, 0) is 22.6 Å². The number of rotatable bonds is 5. The number of phenols is 2. The van der Waals surface area contributed by atoms with Crippen LogP contribution < -0.4 is 11.5 Å². The summed E-state index contributed by atoms with van der Waals surface area (Å²) in [6, 6.07) is 21.7. The molecule has 1 heterocycles. The Labute approximate surface area is 215 Å². The van der Waals surface area contributed by atoms with Crippen molar-refractivity contribution >= 4 is 17.6 Å². The molecule has 3 aromatic rings. The van der Waals surface area contributed by atoms with Gasteiger partial charge in [-0.1, -0.05) is 48.5 Å². The van der Waals surface area contributed by atoms with Crippen LogP contribution in [0.25, 0.3) is 0 Å². The zero-order chi connectivity index (χ0) is 27.4. The number of aromatic hydroxyl groups is 2. The van der Waals surface area contributed by atoms with Crippen LogP contribution in [0, 0.1) is 0 Å². The largest absolute Gasteiger partial charge is 0.504 e. The van der Waals surface area contributed by atoms with Crippen molar-refractivity contribution in [3.8, 4) is 11.5 Å². The van der Waals surface area contributed by atoms with Gasteiger partial charge in [0.25, 0.3) is 0 Å². The van der Waals surface area contributed by atoms with Gasteiger partial charge in [0.1, 0.15) is 0 Å². The average molecular weight is 508 g/mol. The second-order valence-electron chi connectivity index (χ2n) is 8.45. The number of nitrogens with two attached hydrogens (primary N) is 2.